The summed E-state index contributed by atoms with van der Waals surface area (Å²) in [6.07, 6.45) is 4.72. The molecule has 1 saturated carbocycles. The van der Waals surface area contributed by atoms with Crippen molar-refractivity contribution in [1.29, 1.82) is 0 Å². The largest absolute Gasteiger partial charge is 0.329 e. The Morgan fingerprint density at radius 2 is 1.87 bits per heavy atom. The van der Waals surface area contributed by atoms with E-state index in [9.17, 15) is 8.42 Å². The van der Waals surface area contributed by atoms with Gasteiger partial charge in [0.2, 0.25) is 10.0 Å². The minimum atomic E-state index is -3.00. The Balaban J connectivity index is 0.00000112. The predicted molar refractivity (Wildman–Crippen MR) is 62.6 cm³/mol. The molecule has 4 nitrogen and oxygen atoms in total. The summed E-state index contributed by atoms with van der Waals surface area (Å²) in [4.78, 5) is 0. The number of nitrogens with zero attached hydrogens (tertiary/aromatic N) is 1. The molecule has 6 heteroatoms. The van der Waals surface area contributed by atoms with Gasteiger partial charge in [0.25, 0.3) is 0 Å². The van der Waals surface area contributed by atoms with Gasteiger partial charge in [0.15, 0.2) is 0 Å². The van der Waals surface area contributed by atoms with Crippen LogP contribution in [-0.2, 0) is 10.0 Å². The molecule has 0 aromatic heterocycles. The van der Waals surface area contributed by atoms with E-state index < -0.39 is 10.0 Å². The molecule has 2 N–H and O–H groups in total. The van der Waals surface area contributed by atoms with Gasteiger partial charge in [-0.2, -0.15) is 4.31 Å². The highest BCUT2D eigenvalue weighted by atomic mass is 35.5. The summed E-state index contributed by atoms with van der Waals surface area (Å²) in [7, 11) is -3.00. The molecule has 1 atom stereocenters. The van der Waals surface area contributed by atoms with Crippen molar-refractivity contribution >= 4 is 22.4 Å². The van der Waals surface area contributed by atoms with Crippen molar-refractivity contribution in [3.05, 3.63) is 0 Å². The van der Waals surface area contributed by atoms with Crippen LogP contribution in [0.4, 0.5) is 0 Å². The van der Waals surface area contributed by atoms with Crippen LogP contribution in [0, 0.1) is 0 Å². The first-order valence-electron chi connectivity index (χ1n) is 5.37. The summed E-state index contributed by atoms with van der Waals surface area (Å²) in [6, 6.07) is 0.0642. The molecule has 0 bridgehead atoms. The van der Waals surface area contributed by atoms with Crippen LogP contribution in [0.2, 0.25) is 0 Å². The number of piperidine rings is 1. The number of halogens is 1. The van der Waals surface area contributed by atoms with E-state index in [1.807, 2.05) is 0 Å². The summed E-state index contributed by atoms with van der Waals surface area (Å²) < 4.78 is 25.6. The van der Waals surface area contributed by atoms with Gasteiger partial charge in [-0.05, 0) is 25.7 Å². The lowest BCUT2D eigenvalue weighted by molar-refractivity contribution is 0.257. The third-order valence-corrected chi connectivity index (χ3v) is 5.57. The van der Waals surface area contributed by atoms with Gasteiger partial charge in [-0.15, -0.1) is 12.4 Å². The SMILES string of the molecule is Cl.NCC1CCCCN1S(=O)(=O)C1CC1. The molecule has 1 saturated heterocycles. The van der Waals surface area contributed by atoms with Crippen LogP contribution in [-0.4, -0.2) is 37.1 Å². The molecule has 1 heterocycles. The standard InChI is InChI=1S/C9H18N2O2S.ClH/c10-7-8-3-1-2-6-11(8)14(12,13)9-4-5-9;/h8-9H,1-7,10H2;1H. The fraction of sp³-hybridized carbons (Fsp3) is 1.00. The number of hydrogen-bond acceptors (Lipinski definition) is 3. The summed E-state index contributed by atoms with van der Waals surface area (Å²) in [5, 5.41) is -0.0883. The molecule has 0 spiro atoms. The predicted octanol–water partition coefficient (Wildman–Crippen LogP) is 0.714. The van der Waals surface area contributed by atoms with Crippen LogP contribution in [0.1, 0.15) is 32.1 Å². The fourth-order valence-electron chi connectivity index (χ4n) is 2.10. The Bertz CT molecular complexity index is 303. The lowest BCUT2D eigenvalue weighted by atomic mass is 10.1. The number of rotatable bonds is 3. The molecule has 0 aromatic carbocycles. The van der Waals surface area contributed by atoms with Gasteiger partial charge in [-0.3, -0.25) is 0 Å². The zero-order valence-corrected chi connectivity index (χ0v) is 10.4. The van der Waals surface area contributed by atoms with E-state index in [2.05, 4.69) is 0 Å². The van der Waals surface area contributed by atoms with Gasteiger partial charge < -0.3 is 5.73 Å². The summed E-state index contributed by atoms with van der Waals surface area (Å²) >= 11 is 0. The summed E-state index contributed by atoms with van der Waals surface area (Å²) in [5.74, 6) is 0. The van der Waals surface area contributed by atoms with E-state index >= 15 is 0 Å². The average Bonchev–Trinajstić information content (AvgIpc) is 3.01. The molecule has 1 aliphatic heterocycles. The minimum absolute atomic E-state index is 0. The van der Waals surface area contributed by atoms with Gasteiger partial charge in [0.05, 0.1) is 5.25 Å². The van der Waals surface area contributed by atoms with Crippen molar-refractivity contribution in [1.82, 2.24) is 4.31 Å². The topological polar surface area (TPSA) is 63.4 Å². The van der Waals surface area contributed by atoms with Gasteiger partial charge >= 0.3 is 0 Å². The molecule has 0 radical (unpaired) electrons. The zero-order chi connectivity index (χ0) is 10.2. The molecule has 2 fully saturated rings. The van der Waals surface area contributed by atoms with E-state index in [0.29, 0.717) is 13.1 Å². The van der Waals surface area contributed by atoms with Crippen molar-refractivity contribution in [3.63, 3.8) is 0 Å². The van der Waals surface area contributed by atoms with Crippen LogP contribution in [0.15, 0.2) is 0 Å². The Morgan fingerprint density at radius 1 is 1.20 bits per heavy atom. The second-order valence-corrected chi connectivity index (χ2v) is 6.41. The normalized spacial score (nSPS) is 28.5. The number of nitrogens with two attached hydrogens (primary N) is 1. The van der Waals surface area contributed by atoms with Crippen LogP contribution in [0.3, 0.4) is 0 Å². The lowest BCUT2D eigenvalue weighted by Gasteiger charge is -2.33. The van der Waals surface area contributed by atoms with E-state index in [1.54, 1.807) is 4.31 Å². The highest BCUT2D eigenvalue weighted by Crippen LogP contribution is 2.33. The third kappa shape index (κ3) is 2.64. The van der Waals surface area contributed by atoms with Crippen LogP contribution < -0.4 is 5.73 Å². The summed E-state index contributed by atoms with van der Waals surface area (Å²) in [6.45, 7) is 1.15. The molecule has 15 heavy (non-hydrogen) atoms. The van der Waals surface area contributed by atoms with Crippen molar-refractivity contribution in [2.45, 2.75) is 43.4 Å². The smallest absolute Gasteiger partial charge is 0.217 e. The first kappa shape index (κ1) is 13.2. The van der Waals surface area contributed by atoms with E-state index in [-0.39, 0.29) is 23.7 Å². The van der Waals surface area contributed by atoms with Crippen LogP contribution in [0.5, 0.6) is 0 Å². The van der Waals surface area contributed by atoms with E-state index in [0.717, 1.165) is 32.1 Å². The van der Waals surface area contributed by atoms with Crippen molar-refractivity contribution < 1.29 is 8.42 Å². The van der Waals surface area contributed by atoms with Crippen LogP contribution in [0.25, 0.3) is 0 Å². The van der Waals surface area contributed by atoms with E-state index in [4.69, 9.17) is 5.73 Å². The quantitative estimate of drug-likeness (QED) is 0.807. The molecule has 2 rings (SSSR count). The van der Waals surface area contributed by atoms with Gasteiger partial charge in [0.1, 0.15) is 0 Å². The highest BCUT2D eigenvalue weighted by molar-refractivity contribution is 7.90. The molecule has 0 amide bonds. The number of hydrogen-bond donors (Lipinski definition) is 1. The molecule has 0 aromatic rings. The molecule has 1 aliphatic carbocycles. The average molecular weight is 255 g/mol. The zero-order valence-electron chi connectivity index (χ0n) is 8.76. The Hall–Kier alpha value is 0.160. The first-order valence-corrected chi connectivity index (χ1v) is 6.87. The Morgan fingerprint density at radius 3 is 2.40 bits per heavy atom. The molecule has 90 valence electrons. The third-order valence-electron chi connectivity index (χ3n) is 3.12. The van der Waals surface area contributed by atoms with Gasteiger partial charge in [-0.25, -0.2) is 8.42 Å². The Labute approximate surface area is 97.7 Å². The second kappa shape index (κ2) is 4.99. The Kier molecular flexibility index (Phi) is 4.40. The lowest BCUT2D eigenvalue weighted by Crippen LogP contribution is -2.48. The van der Waals surface area contributed by atoms with Crippen molar-refractivity contribution in [3.8, 4) is 0 Å². The maximum absolute atomic E-state index is 12.0. The number of sulfonamides is 1. The van der Waals surface area contributed by atoms with Crippen molar-refractivity contribution in [2.75, 3.05) is 13.1 Å². The highest BCUT2D eigenvalue weighted by Gasteiger charge is 2.42. The first-order chi connectivity index (χ1) is 6.66. The molecule has 1 unspecified atom stereocenters. The summed E-state index contributed by atoms with van der Waals surface area (Å²) in [5.41, 5.74) is 5.60. The van der Waals surface area contributed by atoms with Crippen LogP contribution >= 0.6 is 12.4 Å². The van der Waals surface area contributed by atoms with Gasteiger partial charge in [-0.1, -0.05) is 6.42 Å². The molecular formula is C9H19ClN2O2S. The van der Waals surface area contributed by atoms with Gasteiger partial charge in [0, 0.05) is 19.1 Å². The monoisotopic (exact) mass is 254 g/mol. The molecular weight excluding hydrogens is 236 g/mol. The second-order valence-electron chi connectivity index (χ2n) is 4.24. The molecule has 2 aliphatic rings. The maximum atomic E-state index is 12.0. The maximum Gasteiger partial charge on any atom is 0.217 e. The minimum Gasteiger partial charge on any atom is -0.329 e. The fourth-order valence-corrected chi connectivity index (χ4v) is 4.21. The van der Waals surface area contributed by atoms with E-state index in [1.165, 1.54) is 0 Å². The van der Waals surface area contributed by atoms with Crippen molar-refractivity contribution in [2.24, 2.45) is 5.73 Å².